The largest absolute Gasteiger partial charge is 0.481 e. The molecule has 11 N–H and O–H groups in total. The van der Waals surface area contributed by atoms with Gasteiger partial charge in [-0.2, -0.15) is 8.88 Å². The number of nitrogens with two attached hydrogens (primary N) is 2. The molecule has 1 amide bonds. The number of rotatable bonds is 13. The summed E-state index contributed by atoms with van der Waals surface area (Å²) in [6.45, 7) is -2.08. The maximum Gasteiger partial charge on any atom is 0.481 e. The van der Waals surface area contributed by atoms with Crippen molar-refractivity contribution in [2.24, 2.45) is 5.73 Å². The van der Waals surface area contributed by atoms with Crippen LogP contribution in [0.15, 0.2) is 37.2 Å². The van der Waals surface area contributed by atoms with Crippen LogP contribution in [0.1, 0.15) is 22.8 Å². The number of ether oxygens (including phenoxy) is 2. The molecule has 2 saturated heterocycles. The van der Waals surface area contributed by atoms with Crippen LogP contribution < -0.4 is 16.0 Å². The van der Waals surface area contributed by atoms with Gasteiger partial charge in [0.2, 0.25) is 0 Å². The summed E-state index contributed by atoms with van der Waals surface area (Å²) < 4.78 is 68.4. The Balaban J connectivity index is 1.22. The summed E-state index contributed by atoms with van der Waals surface area (Å²) in [7, 11) is -16.4. The number of nitrogens with zero attached hydrogens (tertiary/aromatic N) is 5. The lowest BCUT2D eigenvalue weighted by atomic mass is 10.1. The predicted octanol–water partition coefficient (Wildman–Crippen LogP) is -2.90. The second kappa shape index (κ2) is 13.8. The van der Waals surface area contributed by atoms with Gasteiger partial charge in [-0.15, -0.1) is 0 Å². The molecule has 0 bridgehead atoms. The van der Waals surface area contributed by atoms with Gasteiger partial charge in [0.1, 0.15) is 47.9 Å². The third-order valence-corrected chi connectivity index (χ3v) is 10.1. The molecule has 10 atom stereocenters. The van der Waals surface area contributed by atoms with E-state index < -0.39 is 91.7 Å². The van der Waals surface area contributed by atoms with Gasteiger partial charge in [-0.1, -0.05) is 0 Å². The number of phosphoric acid groups is 3. The van der Waals surface area contributed by atoms with Crippen LogP contribution in [0.2, 0.25) is 0 Å². The number of hydrogen-bond donors (Lipinski definition) is 9. The Morgan fingerprint density at radius 3 is 2.27 bits per heavy atom. The lowest BCUT2D eigenvalue weighted by molar-refractivity contribution is -0.765. The van der Waals surface area contributed by atoms with Gasteiger partial charge < -0.3 is 55.8 Å². The average molecular weight is 744 g/mol. The lowest BCUT2D eigenvalue weighted by Crippen LogP contribution is -2.46. The number of aliphatic hydroxyl groups is 3. The van der Waals surface area contributed by atoms with Crippen LogP contribution >= 0.6 is 23.5 Å². The number of pyridine rings is 1. The topological polar surface area (TPSA) is 365 Å². The van der Waals surface area contributed by atoms with E-state index in [1.165, 1.54) is 29.1 Å². The molecule has 264 valence electrons. The molecule has 48 heavy (non-hydrogen) atoms. The second-order valence-corrected chi connectivity index (χ2v) is 14.5. The van der Waals surface area contributed by atoms with E-state index in [-0.39, 0.29) is 22.5 Å². The Morgan fingerprint density at radius 1 is 0.958 bits per heavy atom. The molecule has 0 radical (unpaired) electrons. The standard InChI is InChI=1S/C21H28N7O17P3/c22-17-12-19(25-7-24-17)28(8-26-12)21-15(31)16(44-46(33,34)35)11(43-21)6-41-48(38,39)45-47(36,37)40-5-10-13(29)14(30)20(42-10)27-3-1-2-9(4-27)18(23)32/h1-4,7-8,10-11,13-16,20-21,29-31H,5-6H2,(H7-,22,23,24,25,32,33,34,35,36,37,38,39)/p+1/t10-,11-,13-,14-,15-,16-,20-,21-/m1/s1. The normalized spacial score (nSPS) is 30.3. The van der Waals surface area contributed by atoms with Crippen LogP contribution in [0.3, 0.4) is 0 Å². The van der Waals surface area contributed by atoms with E-state index in [2.05, 4.69) is 28.3 Å². The fraction of sp³-hybridized carbons (Fsp3) is 0.476. The van der Waals surface area contributed by atoms with E-state index in [0.717, 1.165) is 17.2 Å². The summed E-state index contributed by atoms with van der Waals surface area (Å²) in [5, 5.41) is 31.6. The number of amides is 1. The Labute approximate surface area is 267 Å². The first-order valence-electron chi connectivity index (χ1n) is 13.3. The summed E-state index contributed by atoms with van der Waals surface area (Å²) >= 11 is 0. The van der Waals surface area contributed by atoms with E-state index >= 15 is 0 Å². The number of aromatic nitrogens is 5. The smallest absolute Gasteiger partial charge is 0.387 e. The van der Waals surface area contributed by atoms with Crippen molar-refractivity contribution in [3.8, 4) is 0 Å². The number of carbonyl (C=O) groups is 1. The van der Waals surface area contributed by atoms with Crippen LogP contribution in [0.25, 0.3) is 11.2 Å². The van der Waals surface area contributed by atoms with Gasteiger partial charge in [-0.25, -0.2) is 28.6 Å². The number of carbonyl (C=O) groups excluding carboxylic acids is 1. The first-order valence-corrected chi connectivity index (χ1v) is 17.9. The zero-order valence-electron chi connectivity index (χ0n) is 23.9. The molecule has 0 aromatic carbocycles. The molecule has 2 aliphatic heterocycles. The number of nitrogen functional groups attached to an aromatic ring is 1. The summed E-state index contributed by atoms with van der Waals surface area (Å²) in [5.41, 5.74) is 11.2. The fourth-order valence-corrected chi connectivity index (χ4v) is 7.52. The van der Waals surface area contributed by atoms with Crippen LogP contribution in [0.4, 0.5) is 5.82 Å². The van der Waals surface area contributed by atoms with Gasteiger partial charge >= 0.3 is 23.5 Å². The zero-order chi connectivity index (χ0) is 35.2. The van der Waals surface area contributed by atoms with Crippen LogP contribution in [-0.2, 0) is 41.1 Å². The number of primary amides is 1. The van der Waals surface area contributed by atoms with Crippen LogP contribution in [-0.4, -0.2) is 110 Å². The molecule has 24 nitrogen and oxygen atoms in total. The first kappa shape index (κ1) is 36.4. The zero-order valence-corrected chi connectivity index (χ0v) is 26.6. The molecule has 2 unspecified atom stereocenters. The molecule has 0 saturated carbocycles. The highest BCUT2D eigenvalue weighted by atomic mass is 31.3. The van der Waals surface area contributed by atoms with Gasteiger partial charge in [0.15, 0.2) is 36.2 Å². The Hall–Kier alpha value is -2.86. The molecule has 5 heterocycles. The molecule has 2 aliphatic rings. The molecule has 3 aromatic heterocycles. The van der Waals surface area contributed by atoms with Crippen molar-refractivity contribution in [1.82, 2.24) is 19.5 Å². The van der Waals surface area contributed by atoms with Crippen molar-refractivity contribution >= 4 is 46.4 Å². The van der Waals surface area contributed by atoms with Crippen molar-refractivity contribution in [3.05, 3.63) is 42.7 Å². The van der Waals surface area contributed by atoms with Gasteiger partial charge in [-0.05, 0) is 6.07 Å². The average Bonchev–Trinajstić information content (AvgIpc) is 3.64. The van der Waals surface area contributed by atoms with Gasteiger partial charge in [0.25, 0.3) is 12.1 Å². The Kier molecular flexibility index (Phi) is 10.5. The minimum absolute atomic E-state index is 0.0329. The number of fused-ring (bicyclic) bond motifs is 1. The van der Waals surface area contributed by atoms with E-state index in [9.17, 15) is 53.4 Å². The van der Waals surface area contributed by atoms with Crippen molar-refractivity contribution in [1.29, 1.82) is 0 Å². The summed E-state index contributed by atoms with van der Waals surface area (Å²) in [6, 6.07) is 2.79. The molecule has 27 heteroatoms. The third kappa shape index (κ3) is 8.12. The van der Waals surface area contributed by atoms with Gasteiger partial charge in [-0.3, -0.25) is 22.9 Å². The van der Waals surface area contributed by atoms with Crippen molar-refractivity contribution in [2.45, 2.75) is 49.1 Å². The first-order chi connectivity index (χ1) is 22.4. The third-order valence-electron chi connectivity index (χ3n) is 6.98. The Morgan fingerprint density at radius 2 is 1.62 bits per heavy atom. The van der Waals surface area contributed by atoms with E-state index in [1.54, 1.807) is 0 Å². The summed E-state index contributed by atoms with van der Waals surface area (Å²) in [4.78, 5) is 62.2. The molecule has 0 aliphatic carbocycles. The molecule has 5 rings (SSSR count). The van der Waals surface area contributed by atoms with Crippen molar-refractivity contribution in [2.75, 3.05) is 18.9 Å². The Bertz CT molecular complexity index is 1810. The highest BCUT2D eigenvalue weighted by Crippen LogP contribution is 2.61. The quantitative estimate of drug-likeness (QED) is 0.0626. The molecular weight excluding hydrogens is 715 g/mol. The lowest BCUT2D eigenvalue weighted by Gasteiger charge is -2.22. The monoisotopic (exact) mass is 744 g/mol. The van der Waals surface area contributed by atoms with Gasteiger partial charge in [0.05, 0.1) is 19.5 Å². The summed E-state index contributed by atoms with van der Waals surface area (Å²) in [5.74, 6) is -0.832. The minimum Gasteiger partial charge on any atom is -0.387 e. The van der Waals surface area contributed by atoms with Crippen molar-refractivity contribution in [3.63, 3.8) is 0 Å². The SMILES string of the molecule is NC(=O)c1ccc[n+]([C@@H]2O[C@H](COP(=O)(O)OP(=O)(O)OC[C@H]3O[C@@H](n4cnc5c(N)ncnc54)[C@H](O)[C@@H]3OP(=O)(O)O)[C@@H](O)[C@H]2O)c1. The summed E-state index contributed by atoms with van der Waals surface area (Å²) in [6.07, 6.45) is -8.38. The second-order valence-electron chi connectivity index (χ2n) is 10.3. The van der Waals surface area contributed by atoms with Gasteiger partial charge in [0, 0.05) is 6.07 Å². The number of aliphatic hydroxyl groups excluding tert-OH is 3. The predicted molar refractivity (Wildman–Crippen MR) is 150 cm³/mol. The van der Waals surface area contributed by atoms with Crippen LogP contribution in [0.5, 0.6) is 0 Å². The maximum absolute atomic E-state index is 12.6. The fourth-order valence-electron chi connectivity index (χ4n) is 4.85. The molecule has 0 spiro atoms. The number of hydrogen-bond acceptors (Lipinski definition) is 17. The molecule has 2 fully saturated rings. The molecular formula is C21H29N7O17P3+. The van der Waals surface area contributed by atoms with E-state index in [0.29, 0.717) is 0 Å². The van der Waals surface area contributed by atoms with Crippen LogP contribution in [0, 0.1) is 0 Å². The minimum atomic E-state index is -5.56. The highest BCUT2D eigenvalue weighted by Gasteiger charge is 2.51. The number of anilines is 1. The highest BCUT2D eigenvalue weighted by molar-refractivity contribution is 7.61. The van der Waals surface area contributed by atoms with E-state index in [1.807, 2.05) is 0 Å². The van der Waals surface area contributed by atoms with Crippen molar-refractivity contribution < 1.29 is 85.3 Å². The number of phosphoric ester groups is 3. The molecule has 3 aromatic rings. The number of imidazole rings is 1. The van der Waals surface area contributed by atoms with E-state index in [4.69, 9.17) is 25.5 Å². The maximum atomic E-state index is 12.6.